The molecule has 21 heavy (non-hydrogen) atoms. The average molecular weight is 355 g/mol. The van der Waals surface area contributed by atoms with Gasteiger partial charge in [0.2, 0.25) is 10.0 Å². The number of halogens is 1. The fraction of sp³-hybridized carbons (Fsp3) is 0.400. The maximum atomic E-state index is 12.1. The van der Waals surface area contributed by atoms with Gasteiger partial charge < -0.3 is 0 Å². The molecule has 1 aliphatic rings. The van der Waals surface area contributed by atoms with E-state index in [-0.39, 0.29) is 27.8 Å². The lowest BCUT2D eigenvalue weighted by Gasteiger charge is -2.11. The van der Waals surface area contributed by atoms with Gasteiger partial charge in [-0.05, 0) is 18.6 Å². The first-order chi connectivity index (χ1) is 9.61. The van der Waals surface area contributed by atoms with Crippen molar-refractivity contribution in [3.63, 3.8) is 0 Å². The summed E-state index contributed by atoms with van der Waals surface area (Å²) in [4.78, 5) is 9.64. The second kappa shape index (κ2) is 5.52. The maximum Gasteiger partial charge on any atom is 0.289 e. The summed E-state index contributed by atoms with van der Waals surface area (Å²) >= 11 is 5.61. The van der Waals surface area contributed by atoms with E-state index in [1.165, 1.54) is 0 Å². The number of nitrogens with one attached hydrogen (secondary N) is 1. The van der Waals surface area contributed by atoms with E-state index in [0.29, 0.717) is 0 Å². The molecule has 116 valence electrons. The van der Waals surface area contributed by atoms with E-state index in [1.807, 2.05) is 0 Å². The number of sulfone groups is 1. The van der Waals surface area contributed by atoms with E-state index in [4.69, 9.17) is 11.6 Å². The Hall–Kier alpha value is -1.23. The molecule has 11 heteroatoms. The molecule has 0 amide bonds. The molecule has 1 N–H and O–H groups in total. The first kappa shape index (κ1) is 16.1. The zero-order valence-corrected chi connectivity index (χ0v) is 12.9. The number of rotatable bonds is 4. The van der Waals surface area contributed by atoms with Gasteiger partial charge in [-0.1, -0.05) is 11.6 Å². The summed E-state index contributed by atoms with van der Waals surface area (Å²) in [6.07, 6.45) is 0.178. The number of nitro benzene ring substituents is 1. The van der Waals surface area contributed by atoms with Crippen molar-refractivity contribution in [2.75, 3.05) is 11.5 Å². The summed E-state index contributed by atoms with van der Waals surface area (Å²) < 4.78 is 49.1. The Labute approximate surface area is 126 Å². The molecule has 0 saturated carbocycles. The minimum Gasteiger partial charge on any atom is -0.258 e. The van der Waals surface area contributed by atoms with Crippen LogP contribution in [0.1, 0.15) is 6.42 Å². The maximum absolute atomic E-state index is 12.1. The minimum absolute atomic E-state index is 0.0824. The monoisotopic (exact) mass is 354 g/mol. The minimum atomic E-state index is -4.04. The van der Waals surface area contributed by atoms with Crippen LogP contribution in [0.2, 0.25) is 5.02 Å². The summed E-state index contributed by atoms with van der Waals surface area (Å²) in [6, 6.07) is 2.35. The van der Waals surface area contributed by atoms with E-state index in [2.05, 4.69) is 4.72 Å². The molecule has 0 aliphatic carbocycles. The van der Waals surface area contributed by atoms with Crippen LogP contribution in [-0.2, 0) is 19.9 Å². The highest BCUT2D eigenvalue weighted by Crippen LogP contribution is 2.27. The van der Waals surface area contributed by atoms with Gasteiger partial charge in [0, 0.05) is 12.1 Å². The third kappa shape index (κ3) is 3.70. The Morgan fingerprint density at radius 1 is 1.38 bits per heavy atom. The van der Waals surface area contributed by atoms with Crippen molar-refractivity contribution in [1.82, 2.24) is 4.72 Å². The van der Waals surface area contributed by atoms with Gasteiger partial charge in [-0.25, -0.2) is 21.6 Å². The first-order valence-corrected chi connectivity index (χ1v) is 9.46. The van der Waals surface area contributed by atoms with E-state index in [9.17, 15) is 26.9 Å². The lowest BCUT2D eigenvalue weighted by atomic mass is 10.3. The Morgan fingerprint density at radius 3 is 2.57 bits per heavy atom. The van der Waals surface area contributed by atoms with Crippen LogP contribution in [0.15, 0.2) is 23.1 Å². The van der Waals surface area contributed by atoms with Crippen molar-refractivity contribution in [1.29, 1.82) is 0 Å². The summed E-state index contributed by atoms with van der Waals surface area (Å²) in [6.45, 7) is 0. The van der Waals surface area contributed by atoms with Crippen LogP contribution in [0.25, 0.3) is 0 Å². The SMILES string of the molecule is O=[N+]([O-])c1cc(S(=O)(=O)NC2CCS(=O)(=O)C2)ccc1Cl. The van der Waals surface area contributed by atoms with E-state index in [0.717, 1.165) is 18.2 Å². The molecule has 1 fully saturated rings. The third-order valence-electron chi connectivity index (χ3n) is 2.98. The molecule has 8 nitrogen and oxygen atoms in total. The Balaban J connectivity index is 2.28. The molecular formula is C10H11ClN2O6S2. The topological polar surface area (TPSA) is 123 Å². The first-order valence-electron chi connectivity index (χ1n) is 5.77. The van der Waals surface area contributed by atoms with Crippen LogP contribution in [0.5, 0.6) is 0 Å². The lowest BCUT2D eigenvalue weighted by molar-refractivity contribution is -0.384. The second-order valence-corrected chi connectivity index (χ2v) is 8.94. The molecule has 1 saturated heterocycles. The van der Waals surface area contributed by atoms with Crippen molar-refractivity contribution >= 4 is 37.1 Å². The van der Waals surface area contributed by atoms with Crippen molar-refractivity contribution in [2.45, 2.75) is 17.4 Å². The highest BCUT2D eigenvalue weighted by molar-refractivity contribution is 7.92. The highest BCUT2D eigenvalue weighted by atomic mass is 35.5. The number of nitro groups is 1. The number of nitrogens with zero attached hydrogens (tertiary/aromatic N) is 1. The largest absolute Gasteiger partial charge is 0.289 e. The van der Waals surface area contributed by atoms with Crippen LogP contribution in [0.4, 0.5) is 5.69 Å². The van der Waals surface area contributed by atoms with E-state index in [1.54, 1.807) is 0 Å². The van der Waals surface area contributed by atoms with Crippen LogP contribution in [0, 0.1) is 10.1 Å². The Morgan fingerprint density at radius 2 is 2.05 bits per heavy atom. The Kier molecular flexibility index (Phi) is 4.24. The molecule has 1 atom stereocenters. The summed E-state index contributed by atoms with van der Waals surface area (Å²) in [5, 5.41) is 10.6. The van der Waals surface area contributed by atoms with Crippen LogP contribution < -0.4 is 4.72 Å². The van der Waals surface area contributed by atoms with Crippen LogP contribution in [-0.4, -0.2) is 39.3 Å². The average Bonchev–Trinajstić information content (AvgIpc) is 2.67. The van der Waals surface area contributed by atoms with Gasteiger partial charge in [-0.15, -0.1) is 0 Å². The van der Waals surface area contributed by atoms with Crippen molar-refractivity contribution in [3.8, 4) is 0 Å². The Bertz CT molecular complexity index is 790. The number of hydrogen-bond donors (Lipinski definition) is 1. The van der Waals surface area contributed by atoms with Crippen molar-refractivity contribution in [3.05, 3.63) is 33.3 Å². The highest BCUT2D eigenvalue weighted by Gasteiger charge is 2.32. The fourth-order valence-electron chi connectivity index (χ4n) is 1.97. The zero-order valence-electron chi connectivity index (χ0n) is 10.5. The quantitative estimate of drug-likeness (QED) is 0.627. The number of sulfonamides is 1. The zero-order chi connectivity index (χ0) is 15.8. The summed E-state index contributed by atoms with van der Waals surface area (Å²) in [7, 11) is -7.28. The predicted molar refractivity (Wildman–Crippen MR) is 75.5 cm³/mol. The predicted octanol–water partition coefficient (Wildman–Crippen LogP) is 0.714. The molecule has 1 heterocycles. The lowest BCUT2D eigenvalue weighted by Crippen LogP contribution is -2.35. The smallest absolute Gasteiger partial charge is 0.258 e. The standard InChI is InChI=1S/C10H11ClN2O6S2/c11-9-2-1-8(5-10(9)13(14)15)21(18,19)12-7-3-4-20(16,17)6-7/h1-2,5,7,12H,3-4,6H2. The number of hydrogen-bond acceptors (Lipinski definition) is 6. The third-order valence-corrected chi connectivity index (χ3v) is 6.58. The normalized spacial score (nSPS) is 21.3. The molecule has 0 radical (unpaired) electrons. The van der Waals surface area contributed by atoms with Gasteiger partial charge in [-0.2, -0.15) is 0 Å². The van der Waals surface area contributed by atoms with Crippen molar-refractivity contribution < 1.29 is 21.8 Å². The van der Waals surface area contributed by atoms with E-state index >= 15 is 0 Å². The molecular weight excluding hydrogens is 344 g/mol. The molecule has 0 spiro atoms. The van der Waals surface area contributed by atoms with Gasteiger partial charge in [0.15, 0.2) is 9.84 Å². The van der Waals surface area contributed by atoms with Gasteiger partial charge in [0.05, 0.1) is 21.3 Å². The molecule has 1 unspecified atom stereocenters. The van der Waals surface area contributed by atoms with Crippen LogP contribution >= 0.6 is 11.6 Å². The van der Waals surface area contributed by atoms with E-state index < -0.39 is 36.5 Å². The molecule has 1 aromatic carbocycles. The molecule has 1 aliphatic heterocycles. The molecule has 1 aromatic rings. The molecule has 2 rings (SSSR count). The molecule has 0 aromatic heterocycles. The second-order valence-electron chi connectivity index (χ2n) is 4.59. The van der Waals surface area contributed by atoms with Gasteiger partial charge >= 0.3 is 0 Å². The van der Waals surface area contributed by atoms with Crippen molar-refractivity contribution in [2.24, 2.45) is 0 Å². The van der Waals surface area contributed by atoms with Gasteiger partial charge in [0.25, 0.3) is 5.69 Å². The summed E-state index contributed by atoms with van der Waals surface area (Å²) in [5.41, 5.74) is -0.529. The molecule has 0 bridgehead atoms. The number of benzene rings is 1. The van der Waals surface area contributed by atoms with Gasteiger partial charge in [-0.3, -0.25) is 10.1 Å². The van der Waals surface area contributed by atoms with Gasteiger partial charge in [0.1, 0.15) is 5.02 Å². The summed E-state index contributed by atoms with van der Waals surface area (Å²) in [5.74, 6) is -0.358. The van der Waals surface area contributed by atoms with Crippen LogP contribution in [0.3, 0.4) is 0 Å². The fourth-order valence-corrected chi connectivity index (χ4v) is 5.23.